The summed E-state index contributed by atoms with van der Waals surface area (Å²) in [5, 5.41) is 3.73. The van der Waals surface area contributed by atoms with Gasteiger partial charge in [-0.2, -0.15) is 18.3 Å². The van der Waals surface area contributed by atoms with E-state index in [1.807, 2.05) is 37.7 Å². The predicted octanol–water partition coefficient (Wildman–Crippen LogP) is 3.93. The van der Waals surface area contributed by atoms with Crippen molar-refractivity contribution in [1.29, 1.82) is 0 Å². The van der Waals surface area contributed by atoms with E-state index in [0.717, 1.165) is 16.3 Å². The van der Waals surface area contributed by atoms with Gasteiger partial charge in [-0.25, -0.2) is 13.1 Å². The van der Waals surface area contributed by atoms with Gasteiger partial charge in [-0.1, -0.05) is 52.0 Å². The molecule has 3 aromatic rings. The molecule has 12 heteroatoms. The first kappa shape index (κ1) is 29.1. The van der Waals surface area contributed by atoms with E-state index in [2.05, 4.69) is 10.5 Å². The SMILES string of the molecule is CCC(=O)NNS(=O)(=O)c1ccc(-n2nc(C(F)(F)F)cc2-c2ccc(C(C)(C)C)cc2)cc1.[NaH]. The minimum atomic E-state index is -4.66. The summed E-state index contributed by atoms with van der Waals surface area (Å²) in [6.07, 6.45) is -4.57. The second-order valence-electron chi connectivity index (χ2n) is 8.65. The van der Waals surface area contributed by atoms with Gasteiger partial charge >= 0.3 is 35.7 Å². The average molecular weight is 519 g/mol. The third kappa shape index (κ3) is 6.95. The van der Waals surface area contributed by atoms with Gasteiger partial charge in [0, 0.05) is 12.0 Å². The van der Waals surface area contributed by atoms with E-state index >= 15 is 0 Å². The second-order valence-corrected chi connectivity index (χ2v) is 10.3. The quantitative estimate of drug-likeness (QED) is 0.382. The normalized spacial score (nSPS) is 12.2. The number of nitrogens with zero attached hydrogens (tertiary/aromatic N) is 2. The Bertz CT molecular complexity index is 1280. The summed E-state index contributed by atoms with van der Waals surface area (Å²) < 4.78 is 66.1. The Morgan fingerprint density at radius 3 is 2.06 bits per heavy atom. The summed E-state index contributed by atoms with van der Waals surface area (Å²) >= 11 is 0. The number of aromatic nitrogens is 2. The zero-order chi connectivity index (χ0) is 25.3. The fourth-order valence-electron chi connectivity index (χ4n) is 3.10. The Morgan fingerprint density at radius 1 is 1.00 bits per heavy atom. The van der Waals surface area contributed by atoms with Crippen molar-refractivity contribution in [2.75, 3.05) is 0 Å². The molecule has 1 aromatic heterocycles. The number of amides is 1. The van der Waals surface area contributed by atoms with Crippen LogP contribution in [0.15, 0.2) is 59.5 Å². The fraction of sp³-hybridized carbons (Fsp3) is 0.304. The number of hydrazine groups is 1. The number of sulfonamides is 1. The van der Waals surface area contributed by atoms with Crippen LogP contribution in [-0.2, 0) is 26.4 Å². The van der Waals surface area contributed by atoms with Gasteiger partial charge in [-0.15, -0.1) is 4.83 Å². The molecule has 3 rings (SSSR count). The number of alkyl halides is 3. The minimum absolute atomic E-state index is 0. The van der Waals surface area contributed by atoms with Crippen molar-refractivity contribution in [3.05, 3.63) is 65.9 Å². The van der Waals surface area contributed by atoms with Crippen LogP contribution in [0.3, 0.4) is 0 Å². The van der Waals surface area contributed by atoms with E-state index in [4.69, 9.17) is 0 Å². The van der Waals surface area contributed by atoms with Crippen LogP contribution in [0.5, 0.6) is 0 Å². The maximum absolute atomic E-state index is 13.4. The molecule has 0 aliphatic rings. The molecule has 0 aliphatic carbocycles. The molecule has 0 saturated carbocycles. The zero-order valence-electron chi connectivity index (χ0n) is 19.1. The second kappa shape index (κ2) is 10.8. The molecule has 0 fully saturated rings. The number of carbonyl (C=O) groups is 1. The van der Waals surface area contributed by atoms with Crippen molar-refractivity contribution >= 4 is 45.5 Å². The molecule has 35 heavy (non-hydrogen) atoms. The molecule has 184 valence electrons. The summed E-state index contributed by atoms with van der Waals surface area (Å²) in [4.78, 5) is 13.1. The molecular weight excluding hydrogens is 492 g/mol. The Morgan fingerprint density at radius 2 is 1.57 bits per heavy atom. The van der Waals surface area contributed by atoms with Gasteiger partial charge < -0.3 is 0 Å². The van der Waals surface area contributed by atoms with E-state index in [0.29, 0.717) is 5.56 Å². The van der Waals surface area contributed by atoms with Gasteiger partial charge in [-0.05, 0) is 41.3 Å². The van der Waals surface area contributed by atoms with Crippen molar-refractivity contribution in [3.8, 4) is 16.9 Å². The van der Waals surface area contributed by atoms with Gasteiger partial charge in [0.05, 0.1) is 16.3 Å². The monoisotopic (exact) mass is 518 g/mol. The number of nitrogens with one attached hydrogen (secondary N) is 2. The van der Waals surface area contributed by atoms with Crippen LogP contribution >= 0.6 is 0 Å². The number of rotatable bonds is 6. The number of benzene rings is 2. The first-order valence-electron chi connectivity index (χ1n) is 10.4. The van der Waals surface area contributed by atoms with Gasteiger partial charge in [0.2, 0.25) is 5.91 Å². The summed E-state index contributed by atoms with van der Waals surface area (Å²) in [6.45, 7) is 7.66. The van der Waals surface area contributed by atoms with Crippen LogP contribution in [0.1, 0.15) is 45.4 Å². The third-order valence-corrected chi connectivity index (χ3v) is 6.35. The molecule has 2 N–H and O–H groups in total. The first-order valence-corrected chi connectivity index (χ1v) is 11.9. The van der Waals surface area contributed by atoms with Crippen molar-refractivity contribution < 1.29 is 26.4 Å². The molecule has 1 heterocycles. The molecule has 0 atom stereocenters. The topological polar surface area (TPSA) is 93.1 Å². The van der Waals surface area contributed by atoms with Crippen LogP contribution < -0.4 is 10.3 Å². The summed E-state index contributed by atoms with van der Waals surface area (Å²) in [5.74, 6) is -0.515. The van der Waals surface area contributed by atoms with E-state index < -0.39 is 27.8 Å². The van der Waals surface area contributed by atoms with E-state index in [-0.39, 0.29) is 57.7 Å². The summed E-state index contributed by atoms with van der Waals surface area (Å²) in [5.41, 5.74) is 2.87. The van der Waals surface area contributed by atoms with Crippen LogP contribution in [-0.4, -0.2) is 53.7 Å². The number of carbonyl (C=O) groups excluding carboxylic acids is 1. The summed E-state index contributed by atoms with van der Waals surface area (Å²) in [7, 11) is -4.06. The third-order valence-electron chi connectivity index (χ3n) is 5.08. The molecule has 0 saturated heterocycles. The van der Waals surface area contributed by atoms with Crippen LogP contribution in [0.2, 0.25) is 0 Å². The molecule has 0 unspecified atom stereocenters. The molecule has 0 aliphatic heterocycles. The van der Waals surface area contributed by atoms with Crippen molar-refractivity contribution in [2.24, 2.45) is 0 Å². The molecule has 2 aromatic carbocycles. The van der Waals surface area contributed by atoms with Gasteiger partial charge in [0.15, 0.2) is 5.69 Å². The molecular formula is C23H26F3N4NaO3S. The predicted molar refractivity (Wildman–Crippen MR) is 129 cm³/mol. The summed E-state index contributed by atoms with van der Waals surface area (Å²) in [6, 6.07) is 13.2. The molecule has 0 bridgehead atoms. The number of halogens is 3. The van der Waals surface area contributed by atoms with Crippen LogP contribution in [0.4, 0.5) is 13.2 Å². The van der Waals surface area contributed by atoms with Gasteiger partial charge in [-0.3, -0.25) is 10.2 Å². The molecule has 0 radical (unpaired) electrons. The Hall–Kier alpha value is -2.18. The number of hydrogen-bond acceptors (Lipinski definition) is 4. The maximum atomic E-state index is 13.4. The zero-order valence-corrected chi connectivity index (χ0v) is 19.9. The van der Waals surface area contributed by atoms with Gasteiger partial charge in [0.25, 0.3) is 10.0 Å². The van der Waals surface area contributed by atoms with Crippen LogP contribution in [0, 0.1) is 0 Å². The standard InChI is InChI=1S/C23H25F3N4O3S.Na.H/c1-5-21(31)27-29-34(32,33)18-12-10-17(11-13-18)30-19(14-20(28-30)23(24,25)26)15-6-8-16(9-7-15)22(2,3)4;;/h6-14,29H,5H2,1-4H3,(H,27,31);;. The van der Waals surface area contributed by atoms with Crippen LogP contribution in [0.25, 0.3) is 16.9 Å². The Balaban J connectivity index is 0.00000432. The average Bonchev–Trinajstić information content (AvgIpc) is 3.23. The molecule has 1 amide bonds. The first-order chi connectivity index (χ1) is 15.7. The fourth-order valence-corrected chi connectivity index (χ4v) is 3.96. The number of hydrogen-bond donors (Lipinski definition) is 2. The Kier molecular flexibility index (Phi) is 8.99. The van der Waals surface area contributed by atoms with E-state index in [1.54, 1.807) is 19.1 Å². The molecule has 0 spiro atoms. The molecule has 7 nitrogen and oxygen atoms in total. The van der Waals surface area contributed by atoms with Crippen molar-refractivity contribution in [3.63, 3.8) is 0 Å². The van der Waals surface area contributed by atoms with Crippen molar-refractivity contribution in [2.45, 2.75) is 50.6 Å². The van der Waals surface area contributed by atoms with E-state index in [1.165, 1.54) is 24.3 Å². The van der Waals surface area contributed by atoms with Gasteiger partial charge in [0.1, 0.15) is 0 Å². The van der Waals surface area contributed by atoms with Crippen molar-refractivity contribution in [1.82, 2.24) is 20.0 Å². The van der Waals surface area contributed by atoms with E-state index in [9.17, 15) is 26.4 Å². The Labute approximate surface area is 224 Å².